The lowest BCUT2D eigenvalue weighted by molar-refractivity contribution is -0.155. The van der Waals surface area contributed by atoms with E-state index in [0.29, 0.717) is 5.56 Å². The summed E-state index contributed by atoms with van der Waals surface area (Å²) in [4.78, 5) is 48.5. The first kappa shape index (κ1) is 33.5. The van der Waals surface area contributed by atoms with Crippen molar-refractivity contribution in [2.45, 2.75) is 92.3 Å². The van der Waals surface area contributed by atoms with E-state index in [1.807, 2.05) is 27.7 Å². The van der Waals surface area contributed by atoms with Crippen LogP contribution >= 0.6 is 0 Å². The molecule has 220 valence electrons. The van der Waals surface area contributed by atoms with E-state index in [1.165, 1.54) is 19.1 Å². The van der Waals surface area contributed by atoms with Crippen LogP contribution in [0.5, 0.6) is 11.5 Å². The van der Waals surface area contributed by atoms with Gasteiger partial charge < -0.3 is 38.9 Å². The zero-order chi connectivity index (χ0) is 29.9. The number of esters is 1. The lowest BCUT2D eigenvalue weighted by Crippen LogP contribution is -2.39. The van der Waals surface area contributed by atoms with Gasteiger partial charge in [0.2, 0.25) is 0 Å². The van der Waals surface area contributed by atoms with Crippen molar-refractivity contribution < 1.29 is 52.3 Å². The van der Waals surface area contributed by atoms with Crippen LogP contribution in [0.1, 0.15) is 61.0 Å². The van der Waals surface area contributed by atoms with Gasteiger partial charge in [-0.2, -0.15) is 0 Å². The van der Waals surface area contributed by atoms with Crippen LogP contribution in [0.25, 0.3) is 0 Å². The monoisotopic (exact) mass is 555 g/mol. The Kier molecular flexibility index (Phi) is 13.5. The minimum Gasteiger partial charge on any atom is -0.458 e. The Morgan fingerprint density at radius 2 is 1.13 bits per heavy atom. The molecule has 0 fully saturated rings. The highest BCUT2D eigenvalue weighted by Gasteiger charge is 2.26. The fourth-order valence-corrected chi connectivity index (χ4v) is 2.65. The molecule has 12 nitrogen and oxygen atoms in total. The molecule has 0 saturated carbocycles. The molecular weight excluding hydrogens is 514 g/mol. The van der Waals surface area contributed by atoms with E-state index in [2.05, 4.69) is 4.74 Å². The second-order valence-corrected chi connectivity index (χ2v) is 9.85. The van der Waals surface area contributed by atoms with Crippen LogP contribution in [0, 0.1) is 11.8 Å². The first-order chi connectivity index (χ1) is 18.1. The molecule has 0 spiro atoms. The maximum absolute atomic E-state index is 12.5. The second kappa shape index (κ2) is 15.8. The van der Waals surface area contributed by atoms with Gasteiger partial charge in [0.25, 0.3) is 0 Å². The molecule has 2 N–H and O–H groups in total. The fraction of sp³-hybridized carbons (Fsp3) is 0.630. The van der Waals surface area contributed by atoms with Crippen LogP contribution in [0.2, 0.25) is 0 Å². The Bertz CT molecular complexity index is 978. The summed E-state index contributed by atoms with van der Waals surface area (Å²) >= 11 is 0. The molecule has 3 unspecified atom stereocenters. The third-order valence-electron chi connectivity index (χ3n) is 6.01. The molecular formula is C27H41NO11. The number of carbonyl (C=O) groups is 4. The summed E-state index contributed by atoms with van der Waals surface area (Å²) in [5.41, 5.74) is 6.51. The summed E-state index contributed by atoms with van der Waals surface area (Å²) in [6.07, 6.45) is -5.32. The van der Waals surface area contributed by atoms with Gasteiger partial charge in [0, 0.05) is 0 Å². The molecule has 0 aliphatic heterocycles. The number of benzene rings is 1. The van der Waals surface area contributed by atoms with E-state index >= 15 is 0 Å². The van der Waals surface area contributed by atoms with Gasteiger partial charge in [0.05, 0.1) is 7.11 Å². The summed E-state index contributed by atoms with van der Waals surface area (Å²) in [5.74, 6) is -0.868. The average molecular weight is 556 g/mol. The van der Waals surface area contributed by atoms with Crippen LogP contribution in [0.4, 0.5) is 14.4 Å². The Morgan fingerprint density at radius 3 is 1.62 bits per heavy atom. The van der Waals surface area contributed by atoms with E-state index in [1.54, 1.807) is 26.8 Å². The minimum absolute atomic E-state index is 0.0132. The number of ether oxygens (including phenoxy) is 7. The molecule has 1 rings (SSSR count). The number of carbonyl (C=O) groups excluding carboxylic acids is 4. The van der Waals surface area contributed by atoms with Gasteiger partial charge in [-0.3, -0.25) is 4.79 Å². The highest BCUT2D eigenvalue weighted by atomic mass is 16.8. The van der Waals surface area contributed by atoms with Gasteiger partial charge in [-0.15, -0.1) is 0 Å². The molecule has 1 aromatic rings. The third kappa shape index (κ3) is 11.8. The minimum atomic E-state index is -1.11. The molecule has 0 aliphatic rings. The lowest BCUT2D eigenvalue weighted by Gasteiger charge is -2.22. The molecule has 39 heavy (non-hydrogen) atoms. The van der Waals surface area contributed by atoms with Gasteiger partial charge in [-0.25, -0.2) is 14.4 Å². The van der Waals surface area contributed by atoms with Gasteiger partial charge in [-0.1, -0.05) is 33.8 Å². The second-order valence-electron chi connectivity index (χ2n) is 9.85. The van der Waals surface area contributed by atoms with Gasteiger partial charge >= 0.3 is 24.4 Å². The summed E-state index contributed by atoms with van der Waals surface area (Å²) in [6, 6.07) is 3.22. The number of methoxy groups -OCH3 is 1. The first-order valence-electron chi connectivity index (χ1n) is 12.7. The Labute approximate surface area is 229 Å². The lowest BCUT2D eigenvalue weighted by atomic mass is 10.1. The molecule has 0 bridgehead atoms. The average Bonchev–Trinajstić information content (AvgIpc) is 2.84. The van der Waals surface area contributed by atoms with Crippen molar-refractivity contribution in [3.8, 4) is 11.5 Å². The molecule has 12 heteroatoms. The van der Waals surface area contributed by atoms with Crippen molar-refractivity contribution >= 4 is 24.4 Å². The summed E-state index contributed by atoms with van der Waals surface area (Å²) in [6.45, 7) is 14.0. The van der Waals surface area contributed by atoms with Crippen LogP contribution in [-0.2, 0) is 34.9 Å². The van der Waals surface area contributed by atoms with E-state index in [0.717, 1.165) is 7.11 Å². The van der Waals surface area contributed by atoms with Gasteiger partial charge in [-0.05, 0) is 63.6 Å². The van der Waals surface area contributed by atoms with Crippen molar-refractivity contribution in [1.29, 1.82) is 0 Å². The van der Waals surface area contributed by atoms with E-state index < -0.39 is 54.9 Å². The van der Waals surface area contributed by atoms with Crippen LogP contribution in [0.3, 0.4) is 0 Å². The van der Waals surface area contributed by atoms with Gasteiger partial charge in [0.15, 0.2) is 11.5 Å². The van der Waals surface area contributed by atoms with Crippen LogP contribution in [0.15, 0.2) is 18.2 Å². The SMILES string of the molecule is COC(=O)OC(C)C(C)OC(=O)[C@@H](N)Cc1ccc(OC(=O)O[C@@H](C)C(C)C)c(OC(=O)OC(C)C(C)C)c1. The molecule has 0 radical (unpaired) electrons. The van der Waals surface area contributed by atoms with Gasteiger partial charge in [0.1, 0.15) is 30.5 Å². The smallest absolute Gasteiger partial charge is 0.458 e. The number of nitrogens with two attached hydrogens (primary N) is 1. The predicted molar refractivity (Wildman–Crippen MR) is 139 cm³/mol. The standard InChI is InChI=1S/C27H41NO11/c1-14(2)16(5)35-26(31)38-22-11-10-20(13-23(22)39-27(32)36-17(6)15(3)4)12-21(28)24(29)34-18(7)19(8)37-25(30)33-9/h10-11,13-19,21H,12,28H2,1-9H3/t16-,17?,18?,19?,21-/m0/s1. The topological polar surface area (TPSA) is 159 Å². The molecule has 0 aromatic heterocycles. The highest BCUT2D eigenvalue weighted by Crippen LogP contribution is 2.30. The zero-order valence-corrected chi connectivity index (χ0v) is 24.0. The maximum Gasteiger partial charge on any atom is 0.514 e. The van der Waals surface area contributed by atoms with E-state index in [9.17, 15) is 19.2 Å². The number of rotatable bonds is 12. The Balaban J connectivity index is 3.04. The van der Waals surface area contributed by atoms with E-state index in [4.69, 9.17) is 34.2 Å². The summed E-state index contributed by atoms with van der Waals surface area (Å²) in [7, 11) is 1.16. The normalized spacial score (nSPS) is 14.9. The van der Waals surface area contributed by atoms with Crippen LogP contribution in [-0.4, -0.2) is 62.0 Å². The van der Waals surface area contributed by atoms with Crippen LogP contribution < -0.4 is 15.2 Å². The van der Waals surface area contributed by atoms with E-state index in [-0.39, 0.29) is 29.8 Å². The molecule has 0 amide bonds. The van der Waals surface area contributed by atoms with Crippen molar-refractivity contribution in [2.75, 3.05) is 7.11 Å². The van der Waals surface area contributed by atoms with Crippen molar-refractivity contribution in [1.82, 2.24) is 0 Å². The Hall–Kier alpha value is -3.54. The zero-order valence-electron chi connectivity index (χ0n) is 24.0. The maximum atomic E-state index is 12.5. The molecule has 0 heterocycles. The predicted octanol–water partition coefficient (Wildman–Crippen LogP) is 4.78. The number of hydrogen-bond acceptors (Lipinski definition) is 12. The van der Waals surface area contributed by atoms with Crippen molar-refractivity contribution in [3.63, 3.8) is 0 Å². The number of hydrogen-bond donors (Lipinski definition) is 1. The van der Waals surface area contributed by atoms with Crippen molar-refractivity contribution in [2.24, 2.45) is 17.6 Å². The highest BCUT2D eigenvalue weighted by molar-refractivity contribution is 5.76. The quantitative estimate of drug-likeness (QED) is 0.214. The summed E-state index contributed by atoms with van der Waals surface area (Å²) in [5, 5.41) is 0. The molecule has 0 saturated heterocycles. The van der Waals surface area contributed by atoms with Crippen molar-refractivity contribution in [3.05, 3.63) is 23.8 Å². The fourth-order valence-electron chi connectivity index (χ4n) is 2.65. The summed E-state index contributed by atoms with van der Waals surface area (Å²) < 4.78 is 35.8. The first-order valence-corrected chi connectivity index (χ1v) is 12.7. The molecule has 1 aromatic carbocycles. The molecule has 5 atom stereocenters. The third-order valence-corrected chi connectivity index (χ3v) is 6.01. The largest absolute Gasteiger partial charge is 0.514 e. The Morgan fingerprint density at radius 1 is 0.667 bits per heavy atom. The molecule has 0 aliphatic carbocycles.